The Morgan fingerprint density at radius 3 is 1.90 bits per heavy atom. The van der Waals surface area contributed by atoms with Gasteiger partial charge in [-0.1, -0.05) is 91.0 Å². The molecule has 0 aliphatic rings. The Bertz CT molecular complexity index is 2580. The van der Waals surface area contributed by atoms with Crippen LogP contribution in [0, 0.1) is 6.57 Å². The van der Waals surface area contributed by atoms with E-state index in [1.165, 1.54) is 38.1 Å². The maximum absolute atomic E-state index is 7.44. The van der Waals surface area contributed by atoms with Crippen molar-refractivity contribution in [1.29, 1.82) is 0 Å². The molecule has 0 aliphatic heterocycles. The number of rotatable bonds is 6. The standard InChI is InChI=1S/C44H28N4/c1-45-34-17-23-38(24-18-34)47(36-19-12-30(13-20-36)33-8-6-28-46-29-33)37-21-14-31(15-22-37)39-26-27-42-44-40(39)25-16-32-7-5-11-41(43(32)44)48(42)35-9-3-2-4-10-35/h2-29H. The fourth-order valence-corrected chi connectivity index (χ4v) is 7.05. The number of nitrogens with zero attached hydrogens (tertiary/aromatic N) is 4. The summed E-state index contributed by atoms with van der Waals surface area (Å²) in [4.78, 5) is 10.1. The van der Waals surface area contributed by atoms with Crippen molar-refractivity contribution in [2.75, 3.05) is 4.90 Å². The predicted octanol–water partition coefficient (Wildman–Crippen LogP) is 12.1. The van der Waals surface area contributed by atoms with Crippen molar-refractivity contribution in [2.45, 2.75) is 0 Å². The lowest BCUT2D eigenvalue weighted by Crippen LogP contribution is -2.09. The van der Waals surface area contributed by atoms with E-state index in [1.807, 2.05) is 36.5 Å². The summed E-state index contributed by atoms with van der Waals surface area (Å²) in [5.41, 5.74) is 11.8. The van der Waals surface area contributed by atoms with E-state index in [2.05, 4.69) is 147 Å². The molecule has 0 radical (unpaired) electrons. The maximum Gasteiger partial charge on any atom is 0.187 e. The van der Waals surface area contributed by atoms with Crippen molar-refractivity contribution in [1.82, 2.24) is 9.55 Å². The Hall–Kier alpha value is -6.70. The van der Waals surface area contributed by atoms with Gasteiger partial charge >= 0.3 is 0 Å². The molecule has 0 N–H and O–H groups in total. The quantitative estimate of drug-likeness (QED) is 0.138. The minimum atomic E-state index is 0.621. The molecule has 0 atom stereocenters. The van der Waals surface area contributed by atoms with Crippen LogP contribution in [0.1, 0.15) is 0 Å². The normalized spacial score (nSPS) is 11.3. The minimum Gasteiger partial charge on any atom is -0.311 e. The van der Waals surface area contributed by atoms with Crippen LogP contribution in [0.2, 0.25) is 0 Å². The number of hydrogen-bond acceptors (Lipinski definition) is 2. The van der Waals surface area contributed by atoms with Crippen LogP contribution >= 0.6 is 0 Å². The number of benzene rings is 7. The van der Waals surface area contributed by atoms with Crippen molar-refractivity contribution in [3.05, 3.63) is 182 Å². The summed E-state index contributed by atoms with van der Waals surface area (Å²) in [6.45, 7) is 7.44. The molecule has 0 spiro atoms. The van der Waals surface area contributed by atoms with E-state index in [-0.39, 0.29) is 0 Å². The molecule has 224 valence electrons. The van der Waals surface area contributed by atoms with Gasteiger partial charge in [-0.25, -0.2) is 4.85 Å². The first-order chi connectivity index (χ1) is 23.8. The summed E-state index contributed by atoms with van der Waals surface area (Å²) in [5, 5.41) is 5.10. The van der Waals surface area contributed by atoms with Gasteiger partial charge in [-0.2, -0.15) is 0 Å². The minimum absolute atomic E-state index is 0.621. The van der Waals surface area contributed by atoms with Gasteiger partial charge in [0.1, 0.15) is 0 Å². The molecule has 0 bridgehead atoms. The lowest BCUT2D eigenvalue weighted by molar-refractivity contribution is 1.18. The molecule has 2 heterocycles. The Balaban J connectivity index is 1.15. The fourth-order valence-electron chi connectivity index (χ4n) is 7.05. The third kappa shape index (κ3) is 4.49. The van der Waals surface area contributed by atoms with Gasteiger partial charge < -0.3 is 9.47 Å². The van der Waals surface area contributed by atoms with Crippen LogP contribution in [0.5, 0.6) is 0 Å². The zero-order chi connectivity index (χ0) is 32.0. The molecule has 9 rings (SSSR count). The summed E-state index contributed by atoms with van der Waals surface area (Å²) in [6, 6.07) is 55.4. The third-order valence-corrected chi connectivity index (χ3v) is 9.27. The molecule has 0 saturated heterocycles. The molecule has 0 unspecified atom stereocenters. The van der Waals surface area contributed by atoms with Crippen molar-refractivity contribution in [2.24, 2.45) is 0 Å². The van der Waals surface area contributed by atoms with E-state index in [0.29, 0.717) is 5.69 Å². The Kier molecular flexibility index (Phi) is 6.48. The number of hydrogen-bond donors (Lipinski definition) is 0. The molecular formula is C44H28N4. The first-order valence-electron chi connectivity index (χ1n) is 16.0. The molecular weight excluding hydrogens is 585 g/mol. The van der Waals surface area contributed by atoms with Crippen LogP contribution in [0.3, 0.4) is 0 Å². The molecule has 9 aromatic rings. The topological polar surface area (TPSA) is 25.4 Å². The van der Waals surface area contributed by atoms with Gasteiger partial charge in [0.2, 0.25) is 0 Å². The summed E-state index contributed by atoms with van der Waals surface area (Å²) < 4.78 is 2.38. The van der Waals surface area contributed by atoms with Crippen molar-refractivity contribution >= 4 is 55.3 Å². The second-order valence-electron chi connectivity index (χ2n) is 12.0. The smallest absolute Gasteiger partial charge is 0.187 e. The maximum atomic E-state index is 7.44. The molecule has 2 aromatic heterocycles. The molecule has 0 aliphatic carbocycles. The monoisotopic (exact) mass is 612 g/mol. The van der Waals surface area contributed by atoms with Crippen molar-refractivity contribution in [3.8, 4) is 27.9 Å². The first kappa shape index (κ1) is 27.6. The van der Waals surface area contributed by atoms with E-state index in [0.717, 1.165) is 39.4 Å². The third-order valence-electron chi connectivity index (χ3n) is 9.27. The van der Waals surface area contributed by atoms with E-state index in [1.54, 1.807) is 6.20 Å². The van der Waals surface area contributed by atoms with Gasteiger partial charge in [0.15, 0.2) is 5.69 Å². The Morgan fingerprint density at radius 2 is 1.21 bits per heavy atom. The van der Waals surface area contributed by atoms with Gasteiger partial charge in [-0.15, -0.1) is 0 Å². The highest BCUT2D eigenvalue weighted by molar-refractivity contribution is 6.26. The predicted molar refractivity (Wildman–Crippen MR) is 199 cm³/mol. The average molecular weight is 613 g/mol. The number of anilines is 3. The van der Waals surface area contributed by atoms with Crippen LogP contribution < -0.4 is 4.90 Å². The highest BCUT2D eigenvalue weighted by Crippen LogP contribution is 2.43. The van der Waals surface area contributed by atoms with Gasteiger partial charge in [-0.05, 0) is 99.8 Å². The fraction of sp³-hybridized carbons (Fsp3) is 0. The van der Waals surface area contributed by atoms with Crippen LogP contribution in [0.25, 0.3) is 65.4 Å². The lowest BCUT2D eigenvalue weighted by Gasteiger charge is -2.26. The lowest BCUT2D eigenvalue weighted by atomic mass is 9.94. The summed E-state index contributed by atoms with van der Waals surface area (Å²) in [5.74, 6) is 0. The summed E-state index contributed by atoms with van der Waals surface area (Å²) in [6.07, 6.45) is 3.67. The van der Waals surface area contributed by atoms with Crippen LogP contribution in [-0.4, -0.2) is 9.55 Å². The zero-order valence-corrected chi connectivity index (χ0v) is 26.0. The number of aromatic nitrogens is 2. The SMILES string of the molecule is [C-]#[N+]c1ccc(N(c2ccc(-c3cccnc3)cc2)c2ccc(-c3ccc4c5c3ccc3cccc(c35)n4-c3ccccc3)cc2)cc1. The van der Waals surface area contributed by atoms with Crippen LogP contribution in [0.15, 0.2) is 170 Å². The summed E-state index contributed by atoms with van der Waals surface area (Å²) in [7, 11) is 0. The average Bonchev–Trinajstić information content (AvgIpc) is 3.51. The van der Waals surface area contributed by atoms with Gasteiger partial charge in [0.25, 0.3) is 0 Å². The van der Waals surface area contributed by atoms with E-state index in [4.69, 9.17) is 6.57 Å². The Labute approximate surface area is 278 Å². The molecule has 4 nitrogen and oxygen atoms in total. The molecule has 0 fully saturated rings. The zero-order valence-electron chi connectivity index (χ0n) is 26.0. The van der Waals surface area contributed by atoms with Gasteiger partial charge in [-0.3, -0.25) is 4.98 Å². The second kappa shape index (κ2) is 11.3. The highest BCUT2D eigenvalue weighted by Gasteiger charge is 2.19. The number of para-hydroxylation sites is 1. The van der Waals surface area contributed by atoms with Crippen LogP contribution in [-0.2, 0) is 0 Å². The number of pyridine rings is 1. The molecule has 0 saturated carbocycles. The molecule has 7 aromatic carbocycles. The largest absolute Gasteiger partial charge is 0.311 e. The van der Waals surface area contributed by atoms with Gasteiger partial charge in [0.05, 0.1) is 17.6 Å². The van der Waals surface area contributed by atoms with E-state index < -0.39 is 0 Å². The molecule has 0 amide bonds. The second-order valence-corrected chi connectivity index (χ2v) is 12.0. The summed E-state index contributed by atoms with van der Waals surface area (Å²) >= 11 is 0. The molecule has 48 heavy (non-hydrogen) atoms. The van der Waals surface area contributed by atoms with Crippen molar-refractivity contribution < 1.29 is 0 Å². The van der Waals surface area contributed by atoms with Gasteiger partial charge in [0, 0.05) is 45.9 Å². The van der Waals surface area contributed by atoms with Crippen molar-refractivity contribution in [3.63, 3.8) is 0 Å². The van der Waals surface area contributed by atoms with E-state index in [9.17, 15) is 0 Å². The highest BCUT2D eigenvalue weighted by atomic mass is 15.1. The first-order valence-corrected chi connectivity index (χ1v) is 16.0. The Morgan fingerprint density at radius 1 is 0.521 bits per heavy atom. The molecule has 4 heteroatoms. The van der Waals surface area contributed by atoms with Crippen LogP contribution in [0.4, 0.5) is 22.7 Å². The van der Waals surface area contributed by atoms with E-state index >= 15 is 0 Å².